The van der Waals surface area contributed by atoms with Gasteiger partial charge in [-0.1, -0.05) is 0 Å². The van der Waals surface area contributed by atoms with E-state index >= 15 is 0 Å². The second-order valence-electron chi connectivity index (χ2n) is 2.52. The second-order valence-corrected chi connectivity index (χ2v) is 2.52. The highest BCUT2D eigenvalue weighted by atomic mass is 16.4. The number of Topliss-reactive ketones (excluding diaryl/α,β-unsaturated/α-hetero) is 1. The SMILES string of the molecule is Cc1cn[nH]c1NC(=O)C(=O)C(=O)O. The van der Waals surface area contributed by atoms with Crippen LogP contribution in [-0.4, -0.2) is 33.0 Å². The average Bonchev–Trinajstić information content (AvgIpc) is 2.50. The van der Waals surface area contributed by atoms with Gasteiger partial charge in [0.25, 0.3) is 0 Å². The molecule has 0 unspecified atom stereocenters. The van der Waals surface area contributed by atoms with E-state index in [9.17, 15) is 14.4 Å². The van der Waals surface area contributed by atoms with Crippen molar-refractivity contribution in [2.24, 2.45) is 0 Å². The lowest BCUT2D eigenvalue weighted by atomic mass is 10.3. The van der Waals surface area contributed by atoms with Crippen LogP contribution >= 0.6 is 0 Å². The zero-order valence-corrected chi connectivity index (χ0v) is 7.20. The van der Waals surface area contributed by atoms with E-state index < -0.39 is 17.7 Å². The fourth-order valence-electron chi connectivity index (χ4n) is 0.740. The number of aromatic nitrogens is 2. The molecule has 0 aromatic carbocycles. The summed E-state index contributed by atoms with van der Waals surface area (Å²) in [6.07, 6.45) is 1.43. The summed E-state index contributed by atoms with van der Waals surface area (Å²) in [5.41, 5.74) is 0.608. The van der Waals surface area contributed by atoms with Crippen LogP contribution in [0.1, 0.15) is 5.56 Å². The van der Waals surface area contributed by atoms with Crippen LogP contribution in [0.2, 0.25) is 0 Å². The van der Waals surface area contributed by atoms with E-state index in [1.165, 1.54) is 6.20 Å². The van der Waals surface area contributed by atoms with Crippen molar-refractivity contribution in [2.75, 3.05) is 5.32 Å². The van der Waals surface area contributed by atoms with Gasteiger partial charge in [0.15, 0.2) is 0 Å². The third-order valence-electron chi connectivity index (χ3n) is 1.47. The minimum atomic E-state index is -1.79. The number of nitrogens with one attached hydrogen (secondary N) is 2. The normalized spacial score (nSPS) is 9.50. The lowest BCUT2D eigenvalue weighted by Gasteiger charge is -1.99. The van der Waals surface area contributed by atoms with Crippen molar-refractivity contribution >= 4 is 23.5 Å². The van der Waals surface area contributed by atoms with Crippen molar-refractivity contribution in [2.45, 2.75) is 6.92 Å². The number of aliphatic carboxylic acids is 1. The van der Waals surface area contributed by atoms with Gasteiger partial charge in [0.05, 0.1) is 6.20 Å². The van der Waals surface area contributed by atoms with Crippen molar-refractivity contribution in [3.8, 4) is 0 Å². The van der Waals surface area contributed by atoms with Crippen LogP contribution < -0.4 is 5.32 Å². The molecule has 14 heavy (non-hydrogen) atoms. The van der Waals surface area contributed by atoms with Crippen LogP contribution in [0.15, 0.2) is 6.20 Å². The molecule has 0 radical (unpaired) electrons. The van der Waals surface area contributed by atoms with Crippen molar-refractivity contribution in [3.63, 3.8) is 0 Å². The van der Waals surface area contributed by atoms with E-state index in [0.29, 0.717) is 5.56 Å². The molecule has 1 aromatic heterocycles. The Morgan fingerprint density at radius 3 is 2.57 bits per heavy atom. The van der Waals surface area contributed by atoms with Crippen LogP contribution in [0.4, 0.5) is 5.82 Å². The lowest BCUT2D eigenvalue weighted by Crippen LogP contribution is -2.29. The molecule has 7 nitrogen and oxygen atoms in total. The Morgan fingerprint density at radius 1 is 1.50 bits per heavy atom. The minimum absolute atomic E-state index is 0.213. The Morgan fingerprint density at radius 2 is 2.14 bits per heavy atom. The predicted molar refractivity (Wildman–Crippen MR) is 44.6 cm³/mol. The molecule has 1 aromatic rings. The third-order valence-corrected chi connectivity index (χ3v) is 1.47. The molecule has 0 aliphatic rings. The highest BCUT2D eigenvalue weighted by Gasteiger charge is 2.22. The van der Waals surface area contributed by atoms with E-state index in [4.69, 9.17) is 5.11 Å². The van der Waals surface area contributed by atoms with Gasteiger partial charge < -0.3 is 10.4 Å². The first-order valence-corrected chi connectivity index (χ1v) is 3.61. The maximum Gasteiger partial charge on any atom is 0.382 e. The third kappa shape index (κ3) is 1.94. The number of aromatic amines is 1. The number of rotatable bonds is 3. The summed E-state index contributed by atoms with van der Waals surface area (Å²) in [5, 5.41) is 16.3. The summed E-state index contributed by atoms with van der Waals surface area (Å²) >= 11 is 0. The zero-order chi connectivity index (χ0) is 10.7. The van der Waals surface area contributed by atoms with Crippen molar-refractivity contribution < 1.29 is 19.5 Å². The molecule has 1 rings (SSSR count). The molecule has 1 heterocycles. The van der Waals surface area contributed by atoms with E-state index in [1.807, 2.05) is 0 Å². The van der Waals surface area contributed by atoms with Gasteiger partial charge in [-0.2, -0.15) is 5.10 Å². The van der Waals surface area contributed by atoms with Gasteiger partial charge >= 0.3 is 17.7 Å². The standard InChI is InChI=1S/C7H7N3O4/c1-3-2-8-10-5(3)9-6(12)4(11)7(13)14/h2H,1H3,(H,13,14)(H2,8,9,10,12). The molecule has 0 aliphatic heterocycles. The summed E-state index contributed by atoms with van der Waals surface area (Å²) in [6.45, 7) is 1.64. The number of carboxylic acid groups (broad SMARTS) is 1. The zero-order valence-electron chi connectivity index (χ0n) is 7.20. The maximum absolute atomic E-state index is 10.9. The molecular formula is C7H7N3O4. The van der Waals surface area contributed by atoms with Crippen LogP contribution in [0.5, 0.6) is 0 Å². The molecule has 0 bridgehead atoms. The number of nitrogens with zero attached hydrogens (tertiary/aromatic N) is 1. The Bertz CT molecular complexity index is 395. The summed E-state index contributed by atoms with van der Waals surface area (Å²) in [5.74, 6) is -4.30. The van der Waals surface area contributed by atoms with Gasteiger partial charge in [-0.15, -0.1) is 0 Å². The Labute approximate surface area is 78.1 Å². The molecule has 3 N–H and O–H groups in total. The van der Waals surface area contributed by atoms with Gasteiger partial charge in [0, 0.05) is 5.56 Å². The Balaban J connectivity index is 2.72. The molecule has 0 saturated carbocycles. The summed E-state index contributed by atoms with van der Waals surface area (Å²) in [6, 6.07) is 0. The van der Waals surface area contributed by atoms with E-state index in [2.05, 4.69) is 15.5 Å². The van der Waals surface area contributed by atoms with Crippen molar-refractivity contribution in [1.82, 2.24) is 10.2 Å². The van der Waals surface area contributed by atoms with Crippen molar-refractivity contribution in [1.29, 1.82) is 0 Å². The Hall–Kier alpha value is -2.18. The predicted octanol–water partition coefficient (Wildman–Crippen LogP) is -0.690. The molecule has 74 valence electrons. The highest BCUT2D eigenvalue weighted by Crippen LogP contribution is 2.07. The molecule has 7 heteroatoms. The first kappa shape index (κ1) is 9.90. The second kappa shape index (κ2) is 3.69. The first-order chi connectivity index (χ1) is 6.52. The largest absolute Gasteiger partial charge is 0.475 e. The number of hydrogen-bond acceptors (Lipinski definition) is 4. The number of carbonyl (C=O) groups is 3. The molecule has 0 spiro atoms. The van der Waals surface area contributed by atoms with E-state index in [0.717, 1.165) is 0 Å². The molecule has 1 amide bonds. The molecule has 0 saturated heterocycles. The summed E-state index contributed by atoms with van der Waals surface area (Å²) < 4.78 is 0. The topological polar surface area (TPSA) is 112 Å². The van der Waals surface area contributed by atoms with Crippen LogP contribution in [0, 0.1) is 6.92 Å². The number of ketones is 1. The fraction of sp³-hybridized carbons (Fsp3) is 0.143. The monoisotopic (exact) mass is 197 g/mol. The van der Waals surface area contributed by atoms with Crippen LogP contribution in [-0.2, 0) is 14.4 Å². The van der Waals surface area contributed by atoms with E-state index in [1.54, 1.807) is 6.92 Å². The van der Waals surface area contributed by atoms with Crippen molar-refractivity contribution in [3.05, 3.63) is 11.8 Å². The quantitative estimate of drug-likeness (QED) is 0.438. The Kier molecular flexibility index (Phi) is 2.61. The molecule has 0 fully saturated rings. The highest BCUT2D eigenvalue weighted by molar-refractivity contribution is 6.63. The van der Waals surface area contributed by atoms with E-state index in [-0.39, 0.29) is 5.82 Å². The number of aryl methyl sites for hydroxylation is 1. The number of H-pyrrole nitrogens is 1. The summed E-state index contributed by atoms with van der Waals surface area (Å²) in [4.78, 5) is 31.7. The number of hydrogen-bond donors (Lipinski definition) is 3. The first-order valence-electron chi connectivity index (χ1n) is 3.61. The minimum Gasteiger partial charge on any atom is -0.475 e. The lowest BCUT2D eigenvalue weighted by molar-refractivity contribution is -0.152. The maximum atomic E-state index is 10.9. The molecule has 0 aliphatic carbocycles. The number of amides is 1. The smallest absolute Gasteiger partial charge is 0.382 e. The van der Waals surface area contributed by atoms with Gasteiger partial charge in [-0.05, 0) is 6.92 Å². The fourth-order valence-corrected chi connectivity index (χ4v) is 0.740. The number of anilines is 1. The van der Waals surface area contributed by atoms with Gasteiger partial charge in [0.2, 0.25) is 0 Å². The van der Waals surface area contributed by atoms with Crippen LogP contribution in [0.25, 0.3) is 0 Å². The van der Waals surface area contributed by atoms with Gasteiger partial charge in [-0.25, -0.2) is 4.79 Å². The average molecular weight is 197 g/mol. The summed E-state index contributed by atoms with van der Waals surface area (Å²) in [7, 11) is 0. The van der Waals surface area contributed by atoms with Gasteiger partial charge in [0.1, 0.15) is 5.82 Å². The number of carbonyl (C=O) groups excluding carboxylic acids is 2. The molecular weight excluding hydrogens is 190 g/mol. The van der Waals surface area contributed by atoms with Gasteiger partial charge in [-0.3, -0.25) is 14.7 Å². The van der Waals surface area contributed by atoms with Crippen LogP contribution in [0.3, 0.4) is 0 Å². The molecule has 0 atom stereocenters. The number of carboxylic acids is 1.